The minimum absolute atomic E-state index is 0.156. The largest absolute Gasteiger partial charge is 0.311 e. The van der Waals surface area contributed by atoms with Crippen LogP contribution in [0.4, 0.5) is 0 Å². The van der Waals surface area contributed by atoms with Crippen LogP contribution in [-0.2, 0) is 6.54 Å². The van der Waals surface area contributed by atoms with E-state index in [0.29, 0.717) is 12.0 Å². The average molecular weight is 262 g/mol. The SMILES string of the molecule is CCC(C)C1CN(Cc2ncccn2)C(C)(C)CN1. The zero-order valence-electron chi connectivity index (χ0n) is 12.6. The normalized spacial score (nSPS) is 25.2. The van der Waals surface area contributed by atoms with Crippen LogP contribution in [0.3, 0.4) is 0 Å². The van der Waals surface area contributed by atoms with Gasteiger partial charge in [0.2, 0.25) is 0 Å². The number of piperazine rings is 1. The van der Waals surface area contributed by atoms with Gasteiger partial charge in [0.05, 0.1) is 6.54 Å². The maximum absolute atomic E-state index is 4.36. The van der Waals surface area contributed by atoms with Crippen molar-refractivity contribution in [2.45, 2.75) is 52.2 Å². The molecule has 0 spiro atoms. The van der Waals surface area contributed by atoms with Crippen molar-refractivity contribution in [3.63, 3.8) is 0 Å². The Morgan fingerprint density at radius 2 is 2.11 bits per heavy atom. The molecule has 106 valence electrons. The van der Waals surface area contributed by atoms with Crippen LogP contribution in [0.5, 0.6) is 0 Å². The Morgan fingerprint density at radius 3 is 2.74 bits per heavy atom. The Balaban J connectivity index is 2.06. The molecule has 0 bridgehead atoms. The highest BCUT2D eigenvalue weighted by molar-refractivity contribution is 4.97. The van der Waals surface area contributed by atoms with Gasteiger partial charge >= 0.3 is 0 Å². The van der Waals surface area contributed by atoms with E-state index in [9.17, 15) is 0 Å². The van der Waals surface area contributed by atoms with Gasteiger partial charge in [0.1, 0.15) is 5.82 Å². The summed E-state index contributed by atoms with van der Waals surface area (Å²) in [6.45, 7) is 12.1. The first-order valence-corrected chi connectivity index (χ1v) is 7.27. The van der Waals surface area contributed by atoms with Crippen molar-refractivity contribution in [3.05, 3.63) is 24.3 Å². The van der Waals surface area contributed by atoms with Gasteiger partial charge in [0.25, 0.3) is 0 Å². The van der Waals surface area contributed by atoms with Gasteiger partial charge < -0.3 is 5.32 Å². The average Bonchev–Trinajstić information content (AvgIpc) is 2.41. The molecule has 1 aliphatic heterocycles. The first-order chi connectivity index (χ1) is 9.03. The van der Waals surface area contributed by atoms with Crippen LogP contribution in [0.1, 0.15) is 39.9 Å². The van der Waals surface area contributed by atoms with Gasteiger partial charge in [-0.3, -0.25) is 4.90 Å². The maximum Gasteiger partial charge on any atom is 0.142 e. The molecular weight excluding hydrogens is 236 g/mol. The molecule has 2 unspecified atom stereocenters. The van der Waals surface area contributed by atoms with E-state index < -0.39 is 0 Å². The summed E-state index contributed by atoms with van der Waals surface area (Å²) in [7, 11) is 0. The molecular formula is C15H26N4. The molecule has 1 N–H and O–H groups in total. The van der Waals surface area contributed by atoms with E-state index in [1.807, 2.05) is 18.5 Å². The Hall–Kier alpha value is -1.00. The fraction of sp³-hybridized carbons (Fsp3) is 0.733. The van der Waals surface area contributed by atoms with E-state index in [1.165, 1.54) is 6.42 Å². The van der Waals surface area contributed by atoms with E-state index in [1.54, 1.807) is 0 Å². The van der Waals surface area contributed by atoms with E-state index in [2.05, 4.69) is 47.9 Å². The van der Waals surface area contributed by atoms with E-state index >= 15 is 0 Å². The van der Waals surface area contributed by atoms with Crippen LogP contribution in [-0.4, -0.2) is 39.5 Å². The Labute approximate surface area is 116 Å². The van der Waals surface area contributed by atoms with Crippen molar-refractivity contribution in [2.24, 2.45) is 5.92 Å². The standard InChI is InChI=1S/C15H26N4/c1-5-12(2)13-9-19(15(3,4)11-18-13)10-14-16-7-6-8-17-14/h6-8,12-13,18H,5,9-11H2,1-4H3. The first-order valence-electron chi connectivity index (χ1n) is 7.27. The fourth-order valence-corrected chi connectivity index (χ4v) is 2.57. The lowest BCUT2D eigenvalue weighted by atomic mass is 9.91. The summed E-state index contributed by atoms with van der Waals surface area (Å²) in [6, 6.07) is 2.44. The van der Waals surface area contributed by atoms with Gasteiger partial charge in [-0.2, -0.15) is 0 Å². The summed E-state index contributed by atoms with van der Waals surface area (Å²) in [6.07, 6.45) is 4.86. The van der Waals surface area contributed by atoms with Crippen LogP contribution in [0.15, 0.2) is 18.5 Å². The van der Waals surface area contributed by atoms with Gasteiger partial charge in [-0.1, -0.05) is 20.3 Å². The zero-order chi connectivity index (χ0) is 13.9. The highest BCUT2D eigenvalue weighted by atomic mass is 15.3. The maximum atomic E-state index is 4.36. The second kappa shape index (κ2) is 5.97. The smallest absolute Gasteiger partial charge is 0.142 e. The van der Waals surface area contributed by atoms with Crippen LogP contribution >= 0.6 is 0 Å². The molecule has 4 nitrogen and oxygen atoms in total. The number of hydrogen-bond donors (Lipinski definition) is 1. The van der Waals surface area contributed by atoms with Crippen molar-refractivity contribution in [1.82, 2.24) is 20.2 Å². The van der Waals surface area contributed by atoms with Crippen molar-refractivity contribution >= 4 is 0 Å². The molecule has 2 atom stereocenters. The second-order valence-corrected chi connectivity index (χ2v) is 6.23. The van der Waals surface area contributed by atoms with Gasteiger partial charge in [-0.05, 0) is 25.8 Å². The number of rotatable bonds is 4. The van der Waals surface area contributed by atoms with Gasteiger partial charge in [0.15, 0.2) is 0 Å². The summed E-state index contributed by atoms with van der Waals surface area (Å²) < 4.78 is 0. The predicted molar refractivity (Wildman–Crippen MR) is 77.8 cm³/mol. The monoisotopic (exact) mass is 262 g/mol. The van der Waals surface area contributed by atoms with Crippen molar-refractivity contribution in [3.8, 4) is 0 Å². The molecule has 0 saturated carbocycles. The fourth-order valence-electron chi connectivity index (χ4n) is 2.57. The summed E-state index contributed by atoms with van der Waals surface area (Å²) in [5, 5.41) is 3.69. The zero-order valence-corrected chi connectivity index (χ0v) is 12.6. The highest BCUT2D eigenvalue weighted by Crippen LogP contribution is 2.23. The summed E-state index contributed by atoms with van der Waals surface area (Å²) in [5.74, 6) is 1.62. The summed E-state index contributed by atoms with van der Waals surface area (Å²) in [4.78, 5) is 11.2. The van der Waals surface area contributed by atoms with Gasteiger partial charge in [0, 0.05) is 37.1 Å². The minimum atomic E-state index is 0.156. The molecule has 19 heavy (non-hydrogen) atoms. The lowest BCUT2D eigenvalue weighted by Gasteiger charge is -2.47. The van der Waals surface area contributed by atoms with Gasteiger partial charge in [-0.15, -0.1) is 0 Å². The molecule has 1 aromatic rings. The molecule has 2 heterocycles. The number of nitrogens with zero attached hydrogens (tertiary/aromatic N) is 3. The lowest BCUT2D eigenvalue weighted by Crippen LogP contribution is -2.62. The minimum Gasteiger partial charge on any atom is -0.311 e. The second-order valence-electron chi connectivity index (χ2n) is 6.23. The Morgan fingerprint density at radius 1 is 1.42 bits per heavy atom. The molecule has 0 aromatic carbocycles. The molecule has 1 aliphatic rings. The number of nitrogens with one attached hydrogen (secondary N) is 1. The Bertz CT molecular complexity index is 390. The quantitative estimate of drug-likeness (QED) is 0.902. The molecule has 2 rings (SSSR count). The predicted octanol–water partition coefficient (Wildman–Crippen LogP) is 2.08. The van der Waals surface area contributed by atoms with Crippen molar-refractivity contribution in [2.75, 3.05) is 13.1 Å². The number of aromatic nitrogens is 2. The molecule has 0 aliphatic carbocycles. The number of hydrogen-bond acceptors (Lipinski definition) is 4. The molecule has 0 amide bonds. The van der Waals surface area contributed by atoms with E-state index in [-0.39, 0.29) is 5.54 Å². The Kier molecular flexibility index (Phi) is 4.53. The van der Waals surface area contributed by atoms with E-state index in [0.717, 1.165) is 25.5 Å². The lowest BCUT2D eigenvalue weighted by molar-refractivity contribution is 0.0427. The van der Waals surface area contributed by atoms with Crippen LogP contribution in [0.2, 0.25) is 0 Å². The first kappa shape index (κ1) is 14.4. The molecule has 4 heteroatoms. The third kappa shape index (κ3) is 3.51. The molecule has 0 radical (unpaired) electrons. The topological polar surface area (TPSA) is 41.1 Å². The van der Waals surface area contributed by atoms with Crippen molar-refractivity contribution in [1.29, 1.82) is 0 Å². The van der Waals surface area contributed by atoms with Crippen molar-refractivity contribution < 1.29 is 0 Å². The molecule has 1 saturated heterocycles. The summed E-state index contributed by atoms with van der Waals surface area (Å²) >= 11 is 0. The third-order valence-corrected chi connectivity index (χ3v) is 4.35. The molecule has 1 aromatic heterocycles. The van der Waals surface area contributed by atoms with Crippen LogP contribution in [0, 0.1) is 5.92 Å². The van der Waals surface area contributed by atoms with Crippen LogP contribution < -0.4 is 5.32 Å². The van der Waals surface area contributed by atoms with E-state index in [4.69, 9.17) is 0 Å². The summed E-state index contributed by atoms with van der Waals surface area (Å²) in [5.41, 5.74) is 0.156. The van der Waals surface area contributed by atoms with Gasteiger partial charge in [-0.25, -0.2) is 9.97 Å². The third-order valence-electron chi connectivity index (χ3n) is 4.35. The van der Waals surface area contributed by atoms with Crippen LogP contribution in [0.25, 0.3) is 0 Å². The highest BCUT2D eigenvalue weighted by Gasteiger charge is 2.35. The molecule has 1 fully saturated rings.